The molecule has 0 aliphatic carbocycles. The van der Waals surface area contributed by atoms with Crippen LogP contribution >= 0.6 is 11.6 Å². The molecular formula is C17H19ClN2O4. The number of benzene rings is 1. The molecule has 1 aromatic carbocycles. The zero-order valence-electron chi connectivity index (χ0n) is 13.5. The first-order valence-corrected chi connectivity index (χ1v) is 7.98. The van der Waals surface area contributed by atoms with E-state index in [1.807, 2.05) is 13.8 Å². The van der Waals surface area contributed by atoms with Gasteiger partial charge in [-0.15, -0.1) is 0 Å². The van der Waals surface area contributed by atoms with Gasteiger partial charge < -0.3 is 14.5 Å². The number of carboxylic acid groups (broad SMARTS) is 1. The number of halogens is 1. The summed E-state index contributed by atoms with van der Waals surface area (Å²) in [6, 6.07) is 8.54. The van der Waals surface area contributed by atoms with Gasteiger partial charge in [-0.2, -0.15) is 0 Å². The van der Waals surface area contributed by atoms with E-state index in [0.29, 0.717) is 17.3 Å². The van der Waals surface area contributed by atoms with Crippen LogP contribution in [0.2, 0.25) is 5.02 Å². The standard InChI is InChI=1S/C17H19ClN2O4/c1-11(2)10-20(8-7-16(21)22)17(23)14-9-15(24-19-14)12-3-5-13(18)6-4-12/h3-6,9,11H,7-8,10H2,1-2H3,(H,21,22). The lowest BCUT2D eigenvalue weighted by Crippen LogP contribution is -2.36. The maximum absolute atomic E-state index is 12.6. The van der Waals surface area contributed by atoms with Gasteiger partial charge in [-0.05, 0) is 30.2 Å². The summed E-state index contributed by atoms with van der Waals surface area (Å²) < 4.78 is 5.24. The molecule has 0 aliphatic heterocycles. The van der Waals surface area contributed by atoms with Crippen LogP contribution in [-0.4, -0.2) is 40.1 Å². The van der Waals surface area contributed by atoms with E-state index in [1.165, 1.54) is 4.90 Å². The van der Waals surface area contributed by atoms with Gasteiger partial charge in [0, 0.05) is 29.7 Å². The van der Waals surface area contributed by atoms with Gasteiger partial charge in [0.25, 0.3) is 5.91 Å². The molecule has 6 nitrogen and oxygen atoms in total. The summed E-state index contributed by atoms with van der Waals surface area (Å²) in [4.78, 5) is 24.9. The zero-order valence-corrected chi connectivity index (χ0v) is 14.3. The van der Waals surface area contributed by atoms with Crippen LogP contribution in [0.5, 0.6) is 0 Å². The summed E-state index contributed by atoms with van der Waals surface area (Å²) in [6.07, 6.45) is -0.111. The second kappa shape index (κ2) is 7.97. The fourth-order valence-corrected chi connectivity index (χ4v) is 2.36. The van der Waals surface area contributed by atoms with E-state index >= 15 is 0 Å². The highest BCUT2D eigenvalue weighted by molar-refractivity contribution is 6.30. The number of amides is 1. The summed E-state index contributed by atoms with van der Waals surface area (Å²) in [6.45, 7) is 4.51. The Morgan fingerprint density at radius 2 is 1.96 bits per heavy atom. The number of carboxylic acids is 1. The molecule has 0 unspecified atom stereocenters. The van der Waals surface area contributed by atoms with Gasteiger partial charge in [-0.1, -0.05) is 30.6 Å². The predicted molar refractivity (Wildman–Crippen MR) is 89.9 cm³/mol. The van der Waals surface area contributed by atoms with E-state index in [2.05, 4.69) is 5.16 Å². The number of aliphatic carboxylic acids is 1. The van der Waals surface area contributed by atoms with Crippen LogP contribution < -0.4 is 0 Å². The average Bonchev–Trinajstić information content (AvgIpc) is 3.01. The number of aromatic nitrogens is 1. The molecule has 1 amide bonds. The number of nitrogens with zero attached hydrogens (tertiary/aromatic N) is 2. The smallest absolute Gasteiger partial charge is 0.305 e. The Bertz CT molecular complexity index is 710. The molecule has 2 aromatic rings. The van der Waals surface area contributed by atoms with Crippen LogP contribution in [-0.2, 0) is 4.79 Å². The molecule has 1 heterocycles. The monoisotopic (exact) mass is 350 g/mol. The van der Waals surface area contributed by atoms with E-state index in [4.69, 9.17) is 21.2 Å². The lowest BCUT2D eigenvalue weighted by Gasteiger charge is -2.22. The minimum absolute atomic E-state index is 0.111. The van der Waals surface area contributed by atoms with Crippen molar-refractivity contribution >= 4 is 23.5 Å². The van der Waals surface area contributed by atoms with E-state index in [0.717, 1.165) is 5.56 Å². The normalized spacial score (nSPS) is 10.8. The van der Waals surface area contributed by atoms with Gasteiger partial charge >= 0.3 is 5.97 Å². The van der Waals surface area contributed by atoms with E-state index in [9.17, 15) is 9.59 Å². The SMILES string of the molecule is CC(C)CN(CCC(=O)O)C(=O)c1cc(-c2ccc(Cl)cc2)on1. The van der Waals surface area contributed by atoms with Crippen LogP contribution in [0.4, 0.5) is 0 Å². The molecule has 2 rings (SSSR count). The molecular weight excluding hydrogens is 332 g/mol. The van der Waals surface area contributed by atoms with Crippen molar-refractivity contribution in [1.82, 2.24) is 10.1 Å². The molecule has 0 bridgehead atoms. The Morgan fingerprint density at radius 3 is 2.54 bits per heavy atom. The van der Waals surface area contributed by atoms with Crippen molar-refractivity contribution in [3.05, 3.63) is 41.0 Å². The predicted octanol–water partition coefficient (Wildman–Crippen LogP) is 3.57. The van der Waals surface area contributed by atoms with Gasteiger partial charge in [0.1, 0.15) is 0 Å². The van der Waals surface area contributed by atoms with Crippen LogP contribution in [0, 0.1) is 5.92 Å². The Labute approximate surface area is 145 Å². The van der Waals surface area contributed by atoms with Crippen molar-refractivity contribution in [2.75, 3.05) is 13.1 Å². The molecule has 7 heteroatoms. The Hall–Kier alpha value is -2.34. The van der Waals surface area contributed by atoms with Crippen molar-refractivity contribution in [2.45, 2.75) is 20.3 Å². The quantitative estimate of drug-likeness (QED) is 0.825. The number of carbonyl (C=O) groups is 2. The van der Waals surface area contributed by atoms with Gasteiger partial charge in [-0.25, -0.2) is 0 Å². The molecule has 0 spiro atoms. The summed E-state index contributed by atoms with van der Waals surface area (Å²) >= 11 is 5.85. The molecule has 0 fully saturated rings. The molecule has 1 N–H and O–H groups in total. The summed E-state index contributed by atoms with van der Waals surface area (Å²) in [7, 11) is 0. The third kappa shape index (κ3) is 4.83. The van der Waals surface area contributed by atoms with Crippen LogP contribution in [0.25, 0.3) is 11.3 Å². The van der Waals surface area contributed by atoms with Gasteiger partial charge in [0.05, 0.1) is 6.42 Å². The van der Waals surface area contributed by atoms with Crippen LogP contribution in [0.1, 0.15) is 30.8 Å². The highest BCUT2D eigenvalue weighted by Gasteiger charge is 2.21. The molecule has 0 aliphatic rings. The number of hydrogen-bond donors (Lipinski definition) is 1. The van der Waals surface area contributed by atoms with Crippen molar-refractivity contribution in [3.63, 3.8) is 0 Å². The minimum atomic E-state index is -0.946. The maximum Gasteiger partial charge on any atom is 0.305 e. The fraction of sp³-hybridized carbons (Fsp3) is 0.353. The summed E-state index contributed by atoms with van der Waals surface area (Å²) in [5, 5.41) is 13.3. The van der Waals surface area contributed by atoms with E-state index in [-0.39, 0.29) is 30.5 Å². The summed E-state index contributed by atoms with van der Waals surface area (Å²) in [5.41, 5.74) is 0.915. The van der Waals surface area contributed by atoms with E-state index in [1.54, 1.807) is 30.3 Å². The lowest BCUT2D eigenvalue weighted by atomic mass is 10.1. The Morgan fingerprint density at radius 1 is 1.29 bits per heavy atom. The molecule has 0 radical (unpaired) electrons. The highest BCUT2D eigenvalue weighted by Crippen LogP contribution is 2.23. The molecule has 24 heavy (non-hydrogen) atoms. The van der Waals surface area contributed by atoms with E-state index < -0.39 is 5.97 Å². The summed E-state index contributed by atoms with van der Waals surface area (Å²) in [5.74, 6) is -0.615. The topological polar surface area (TPSA) is 83.6 Å². The maximum atomic E-state index is 12.6. The molecule has 0 saturated heterocycles. The largest absolute Gasteiger partial charge is 0.481 e. The average molecular weight is 351 g/mol. The Balaban J connectivity index is 2.17. The van der Waals surface area contributed by atoms with Gasteiger partial charge in [-0.3, -0.25) is 9.59 Å². The first-order chi connectivity index (χ1) is 11.4. The van der Waals surface area contributed by atoms with Crippen molar-refractivity contribution in [3.8, 4) is 11.3 Å². The minimum Gasteiger partial charge on any atom is -0.481 e. The fourth-order valence-electron chi connectivity index (χ4n) is 2.24. The number of carbonyl (C=O) groups excluding carboxylic acids is 1. The second-order valence-corrected chi connectivity index (χ2v) is 6.31. The number of hydrogen-bond acceptors (Lipinski definition) is 4. The third-order valence-electron chi connectivity index (χ3n) is 3.33. The van der Waals surface area contributed by atoms with Crippen molar-refractivity contribution in [1.29, 1.82) is 0 Å². The third-order valence-corrected chi connectivity index (χ3v) is 3.58. The first-order valence-electron chi connectivity index (χ1n) is 7.60. The molecule has 0 atom stereocenters. The number of rotatable bonds is 7. The highest BCUT2D eigenvalue weighted by atomic mass is 35.5. The zero-order chi connectivity index (χ0) is 17.7. The van der Waals surface area contributed by atoms with Gasteiger partial charge in [0.2, 0.25) is 0 Å². The van der Waals surface area contributed by atoms with Gasteiger partial charge in [0.15, 0.2) is 11.5 Å². The molecule has 1 aromatic heterocycles. The lowest BCUT2D eigenvalue weighted by molar-refractivity contribution is -0.137. The van der Waals surface area contributed by atoms with Crippen molar-refractivity contribution in [2.24, 2.45) is 5.92 Å². The first kappa shape index (κ1) is 18.0. The molecule has 128 valence electrons. The van der Waals surface area contributed by atoms with Crippen LogP contribution in [0.15, 0.2) is 34.9 Å². The second-order valence-electron chi connectivity index (χ2n) is 5.87. The molecule has 0 saturated carbocycles. The van der Waals surface area contributed by atoms with Crippen molar-refractivity contribution < 1.29 is 19.2 Å². The van der Waals surface area contributed by atoms with Crippen LogP contribution in [0.3, 0.4) is 0 Å². The Kier molecular flexibility index (Phi) is 5.98.